The molecule has 0 aliphatic carbocycles. The fourth-order valence-corrected chi connectivity index (χ4v) is 2.14. The fourth-order valence-electron chi connectivity index (χ4n) is 1.57. The van der Waals surface area contributed by atoms with Gasteiger partial charge < -0.3 is 4.90 Å². The van der Waals surface area contributed by atoms with Gasteiger partial charge in [-0.3, -0.25) is 4.57 Å². The van der Waals surface area contributed by atoms with Crippen molar-refractivity contribution in [3.05, 3.63) is 18.7 Å². The van der Waals surface area contributed by atoms with Gasteiger partial charge in [-0.2, -0.15) is 0 Å². The summed E-state index contributed by atoms with van der Waals surface area (Å²) < 4.78 is 2.14. The summed E-state index contributed by atoms with van der Waals surface area (Å²) in [6, 6.07) is 4.29. The van der Waals surface area contributed by atoms with Crippen molar-refractivity contribution in [3.8, 4) is 0 Å². The third-order valence-electron chi connectivity index (χ3n) is 2.34. The van der Waals surface area contributed by atoms with Crippen molar-refractivity contribution in [2.24, 2.45) is 0 Å². The lowest BCUT2D eigenvalue weighted by Gasteiger charge is -2.21. The van der Waals surface area contributed by atoms with Crippen LogP contribution in [0.25, 0.3) is 6.20 Å². The first-order valence-corrected chi connectivity index (χ1v) is 6.13. The smallest absolute Gasteiger partial charge is 0.113 e. The monoisotopic (exact) mass is 210 g/mol. The molecular weight excluding hydrogens is 192 g/mol. The lowest BCUT2D eigenvalue weighted by Crippen LogP contribution is -2.23. The summed E-state index contributed by atoms with van der Waals surface area (Å²) in [5.41, 5.74) is 0. The topological polar surface area (TPSA) is 8.17 Å². The van der Waals surface area contributed by atoms with Crippen LogP contribution in [0.1, 0.15) is 13.8 Å². The minimum atomic E-state index is 1.03. The number of nitrogens with zero attached hydrogens (tertiary/aromatic N) is 2. The first kappa shape index (κ1) is 11.2. The first-order chi connectivity index (χ1) is 6.78. The van der Waals surface area contributed by atoms with Gasteiger partial charge in [0.2, 0.25) is 0 Å². The fraction of sp³-hybridized carbons (Fsp3) is 0.455. The third kappa shape index (κ3) is 1.98. The number of anilines is 1. The van der Waals surface area contributed by atoms with Crippen LogP contribution in [0.5, 0.6) is 0 Å². The second-order valence-corrected chi connectivity index (χ2v) is 3.79. The molecule has 0 unspecified atom stereocenters. The Bertz CT molecular complexity index is 300. The van der Waals surface area contributed by atoms with Crippen LogP contribution >= 0.6 is 11.8 Å². The minimum Gasteiger partial charge on any atom is -0.358 e. The van der Waals surface area contributed by atoms with Crippen LogP contribution in [0, 0.1) is 0 Å². The predicted octanol–water partition coefficient (Wildman–Crippen LogP) is 3.16. The van der Waals surface area contributed by atoms with Gasteiger partial charge in [-0.15, -0.1) is 11.8 Å². The largest absolute Gasteiger partial charge is 0.358 e. The van der Waals surface area contributed by atoms with Crippen LogP contribution in [0.3, 0.4) is 0 Å². The summed E-state index contributed by atoms with van der Waals surface area (Å²) in [4.78, 5) is 2.32. The van der Waals surface area contributed by atoms with Gasteiger partial charge in [-0.1, -0.05) is 6.58 Å². The van der Waals surface area contributed by atoms with Gasteiger partial charge in [0.15, 0.2) is 0 Å². The van der Waals surface area contributed by atoms with E-state index in [0.717, 1.165) is 13.1 Å². The maximum Gasteiger partial charge on any atom is 0.113 e. The molecule has 1 aromatic rings. The molecule has 1 heterocycles. The minimum absolute atomic E-state index is 1.03. The van der Waals surface area contributed by atoms with Crippen molar-refractivity contribution < 1.29 is 0 Å². The molecule has 0 atom stereocenters. The lowest BCUT2D eigenvalue weighted by atomic mass is 10.5. The summed E-state index contributed by atoms with van der Waals surface area (Å²) in [7, 11) is 0. The number of aromatic nitrogens is 1. The number of thioether (sulfide) groups is 1. The van der Waals surface area contributed by atoms with E-state index < -0.39 is 0 Å². The Hall–Kier alpha value is -0.830. The zero-order valence-electron chi connectivity index (χ0n) is 9.16. The van der Waals surface area contributed by atoms with Crippen molar-refractivity contribution in [3.63, 3.8) is 0 Å². The number of rotatable bonds is 5. The lowest BCUT2D eigenvalue weighted by molar-refractivity contribution is 0.821. The Kier molecular flexibility index (Phi) is 4.14. The highest BCUT2D eigenvalue weighted by atomic mass is 32.2. The van der Waals surface area contributed by atoms with Gasteiger partial charge in [-0.25, -0.2) is 0 Å². The molecule has 1 aromatic heterocycles. The molecule has 0 aliphatic heterocycles. The summed E-state index contributed by atoms with van der Waals surface area (Å²) >= 11 is 1.74. The second kappa shape index (κ2) is 5.15. The summed E-state index contributed by atoms with van der Waals surface area (Å²) in [5, 5.41) is 1.24. The highest BCUT2D eigenvalue weighted by Gasteiger charge is 2.09. The molecule has 3 heteroatoms. The van der Waals surface area contributed by atoms with Crippen LogP contribution in [0.4, 0.5) is 5.82 Å². The van der Waals surface area contributed by atoms with Gasteiger partial charge in [0, 0.05) is 19.3 Å². The molecule has 0 aromatic carbocycles. The van der Waals surface area contributed by atoms with Gasteiger partial charge in [-0.05, 0) is 32.2 Å². The van der Waals surface area contributed by atoms with E-state index in [9.17, 15) is 0 Å². The van der Waals surface area contributed by atoms with Gasteiger partial charge >= 0.3 is 0 Å². The van der Waals surface area contributed by atoms with E-state index in [2.05, 4.69) is 48.3 Å². The molecule has 0 N–H and O–H groups in total. The van der Waals surface area contributed by atoms with Gasteiger partial charge in [0.05, 0.1) is 5.03 Å². The van der Waals surface area contributed by atoms with Crippen LogP contribution in [-0.4, -0.2) is 23.9 Å². The highest BCUT2D eigenvalue weighted by Crippen LogP contribution is 2.25. The molecule has 0 spiro atoms. The summed E-state index contributed by atoms with van der Waals surface area (Å²) in [6.45, 7) is 10.2. The molecule has 1 rings (SSSR count). The van der Waals surface area contributed by atoms with Crippen LogP contribution in [0.2, 0.25) is 0 Å². The summed E-state index contributed by atoms with van der Waals surface area (Å²) in [6.07, 6.45) is 3.96. The van der Waals surface area contributed by atoms with E-state index in [1.54, 1.807) is 11.8 Å². The van der Waals surface area contributed by atoms with E-state index in [0.29, 0.717) is 0 Å². The Morgan fingerprint density at radius 1 is 1.43 bits per heavy atom. The SMILES string of the molecule is C=Cn1c(SC)ccc1N(CC)CC. The molecule has 0 radical (unpaired) electrons. The maximum atomic E-state index is 3.85. The van der Waals surface area contributed by atoms with Gasteiger partial charge in [0.1, 0.15) is 5.82 Å². The standard InChI is InChI=1S/C11H18N2S/c1-5-12(6-2)10-8-9-11(14-4)13(10)7-3/h7-9H,3,5-6H2,1-2,4H3. The zero-order chi connectivity index (χ0) is 10.6. The van der Waals surface area contributed by atoms with Crippen molar-refractivity contribution in [1.82, 2.24) is 4.57 Å². The molecule has 0 amide bonds. The molecule has 78 valence electrons. The molecule has 0 aliphatic rings. The predicted molar refractivity (Wildman–Crippen MR) is 66.2 cm³/mol. The number of hydrogen-bond donors (Lipinski definition) is 0. The van der Waals surface area contributed by atoms with E-state index >= 15 is 0 Å². The molecule has 0 saturated carbocycles. The Balaban J connectivity index is 3.07. The van der Waals surface area contributed by atoms with Crippen molar-refractivity contribution in [1.29, 1.82) is 0 Å². The molecule has 14 heavy (non-hydrogen) atoms. The molecule has 2 nitrogen and oxygen atoms in total. The third-order valence-corrected chi connectivity index (χ3v) is 3.09. The highest BCUT2D eigenvalue weighted by molar-refractivity contribution is 7.98. The van der Waals surface area contributed by atoms with E-state index in [1.807, 2.05) is 6.20 Å². The quantitative estimate of drug-likeness (QED) is 0.690. The van der Waals surface area contributed by atoms with Crippen molar-refractivity contribution in [2.45, 2.75) is 18.9 Å². The van der Waals surface area contributed by atoms with E-state index in [1.165, 1.54) is 10.8 Å². The average molecular weight is 210 g/mol. The van der Waals surface area contributed by atoms with E-state index in [4.69, 9.17) is 0 Å². The van der Waals surface area contributed by atoms with Gasteiger partial charge in [0.25, 0.3) is 0 Å². The first-order valence-electron chi connectivity index (χ1n) is 4.91. The molecule has 0 bridgehead atoms. The van der Waals surface area contributed by atoms with E-state index in [-0.39, 0.29) is 0 Å². The Morgan fingerprint density at radius 3 is 2.50 bits per heavy atom. The zero-order valence-corrected chi connectivity index (χ0v) is 9.97. The van der Waals surface area contributed by atoms with Crippen LogP contribution in [-0.2, 0) is 0 Å². The molecular formula is C11H18N2S. The normalized spacial score (nSPS) is 10.2. The average Bonchev–Trinajstić information content (AvgIpc) is 2.62. The summed E-state index contributed by atoms with van der Waals surface area (Å²) in [5.74, 6) is 1.23. The Labute approximate surface area is 90.6 Å². The van der Waals surface area contributed by atoms with Crippen molar-refractivity contribution in [2.75, 3.05) is 24.2 Å². The van der Waals surface area contributed by atoms with Crippen LogP contribution in [0.15, 0.2) is 23.7 Å². The molecule has 0 saturated heterocycles. The Morgan fingerprint density at radius 2 is 2.07 bits per heavy atom. The maximum absolute atomic E-state index is 3.85. The second-order valence-electron chi connectivity index (χ2n) is 2.96. The number of hydrogen-bond acceptors (Lipinski definition) is 2. The molecule has 0 fully saturated rings. The van der Waals surface area contributed by atoms with Crippen LogP contribution < -0.4 is 4.90 Å². The van der Waals surface area contributed by atoms with Crippen molar-refractivity contribution >= 4 is 23.8 Å².